The van der Waals surface area contributed by atoms with Gasteiger partial charge in [-0.05, 0) is 12.8 Å². The number of carbonyl (C=O) groups is 2. The zero-order chi connectivity index (χ0) is 24.9. The highest BCUT2D eigenvalue weighted by Crippen LogP contribution is 2.27. The number of hydrogen-bond donors (Lipinski definition) is 0. The van der Waals surface area contributed by atoms with Gasteiger partial charge in [0.05, 0.1) is 26.4 Å². The van der Waals surface area contributed by atoms with E-state index in [1.54, 1.807) is 0 Å². The van der Waals surface area contributed by atoms with E-state index in [9.17, 15) is 24.0 Å². The molecule has 0 bridgehead atoms. The summed E-state index contributed by atoms with van der Waals surface area (Å²) in [6.07, 6.45) is 0.464. The van der Waals surface area contributed by atoms with Crippen LogP contribution >= 0.6 is 0 Å². The van der Waals surface area contributed by atoms with E-state index in [4.69, 9.17) is 18.9 Å². The summed E-state index contributed by atoms with van der Waals surface area (Å²) in [4.78, 5) is 61.6. The topological polar surface area (TPSA) is 137 Å². The van der Waals surface area contributed by atoms with E-state index in [-0.39, 0.29) is 62.8 Å². The Morgan fingerprint density at radius 3 is 1.47 bits per heavy atom. The van der Waals surface area contributed by atoms with Gasteiger partial charge in [-0.2, -0.15) is 0 Å². The molecule has 0 saturated carbocycles. The van der Waals surface area contributed by atoms with E-state index in [1.807, 2.05) is 13.8 Å². The highest BCUT2D eigenvalue weighted by atomic mass is 16.6. The minimum atomic E-state index is -0.770. The number of esters is 2. The third kappa shape index (κ3) is 6.23. The summed E-state index contributed by atoms with van der Waals surface area (Å²) in [5.41, 5.74) is -2.60. The van der Waals surface area contributed by atoms with E-state index >= 15 is 0 Å². The van der Waals surface area contributed by atoms with E-state index in [0.29, 0.717) is 26.4 Å². The minimum absolute atomic E-state index is 0.0292. The normalized spacial score (nSPS) is 18.0. The van der Waals surface area contributed by atoms with Gasteiger partial charge >= 0.3 is 29.0 Å². The quantitative estimate of drug-likeness (QED) is 0.358. The smallest absolute Gasteiger partial charge is 0.336 e. The SMILES string of the molecule is Cn1c(=O)n(CCCC(=O)OCC2(C)COC2)c(=O)n(CCCC(=O)OCC2(C)COC2)c1=O. The Bertz CT molecular complexity index is 996. The van der Waals surface area contributed by atoms with Crippen LogP contribution < -0.4 is 17.1 Å². The Morgan fingerprint density at radius 1 is 0.765 bits per heavy atom. The van der Waals surface area contributed by atoms with Crippen molar-refractivity contribution in [2.45, 2.75) is 52.6 Å². The van der Waals surface area contributed by atoms with Crippen molar-refractivity contribution >= 4 is 11.9 Å². The van der Waals surface area contributed by atoms with E-state index in [0.717, 1.165) is 13.7 Å². The van der Waals surface area contributed by atoms with Gasteiger partial charge in [0.15, 0.2) is 0 Å². The van der Waals surface area contributed by atoms with Crippen molar-refractivity contribution in [1.29, 1.82) is 0 Å². The lowest BCUT2D eigenvalue weighted by Crippen LogP contribution is -2.53. The molecule has 0 aliphatic carbocycles. The van der Waals surface area contributed by atoms with Crippen molar-refractivity contribution in [2.24, 2.45) is 17.9 Å². The monoisotopic (exact) mass is 483 g/mol. The van der Waals surface area contributed by atoms with Gasteiger partial charge in [0.25, 0.3) is 0 Å². The Labute approximate surface area is 196 Å². The van der Waals surface area contributed by atoms with Crippen LogP contribution in [0.3, 0.4) is 0 Å². The number of rotatable bonds is 12. The Balaban J connectivity index is 1.52. The van der Waals surface area contributed by atoms with Gasteiger partial charge in [-0.25, -0.2) is 28.1 Å². The first-order valence-corrected chi connectivity index (χ1v) is 11.4. The molecular weight excluding hydrogens is 450 g/mol. The molecule has 1 aromatic heterocycles. The van der Waals surface area contributed by atoms with Crippen LogP contribution in [0, 0.1) is 10.8 Å². The van der Waals surface area contributed by atoms with Crippen LogP contribution in [0.1, 0.15) is 39.5 Å². The van der Waals surface area contributed by atoms with Crippen LogP contribution in [0.25, 0.3) is 0 Å². The summed E-state index contributed by atoms with van der Waals surface area (Å²) < 4.78 is 23.4. The van der Waals surface area contributed by atoms with Crippen LogP contribution in [-0.4, -0.2) is 65.3 Å². The van der Waals surface area contributed by atoms with Gasteiger partial charge in [0.1, 0.15) is 13.2 Å². The summed E-state index contributed by atoms with van der Waals surface area (Å²) in [5, 5.41) is 0. The van der Waals surface area contributed by atoms with E-state index in [2.05, 4.69) is 0 Å². The van der Waals surface area contributed by atoms with Crippen LogP contribution in [0.15, 0.2) is 14.4 Å². The van der Waals surface area contributed by atoms with E-state index < -0.39 is 29.0 Å². The molecule has 3 heterocycles. The fraction of sp³-hybridized carbons (Fsp3) is 0.773. The van der Waals surface area contributed by atoms with Crippen molar-refractivity contribution < 1.29 is 28.5 Å². The summed E-state index contributed by atoms with van der Waals surface area (Å²) in [6, 6.07) is 0. The summed E-state index contributed by atoms with van der Waals surface area (Å²) in [6.45, 7) is 6.52. The number of carbonyl (C=O) groups excluding carboxylic acids is 2. The molecule has 12 heteroatoms. The fourth-order valence-corrected chi connectivity index (χ4v) is 3.62. The zero-order valence-electron chi connectivity index (χ0n) is 20.0. The van der Waals surface area contributed by atoms with Gasteiger partial charge < -0.3 is 18.9 Å². The minimum Gasteiger partial charge on any atom is -0.465 e. The van der Waals surface area contributed by atoms with Crippen LogP contribution in [-0.2, 0) is 48.7 Å². The largest absolute Gasteiger partial charge is 0.465 e. The molecule has 34 heavy (non-hydrogen) atoms. The molecule has 3 rings (SSSR count). The maximum Gasteiger partial charge on any atom is 0.336 e. The van der Waals surface area contributed by atoms with Crippen LogP contribution in [0.4, 0.5) is 0 Å². The molecule has 2 aliphatic rings. The Morgan fingerprint density at radius 2 is 1.15 bits per heavy atom. The molecule has 0 unspecified atom stereocenters. The average molecular weight is 484 g/mol. The molecule has 0 atom stereocenters. The second-order valence-corrected chi connectivity index (χ2v) is 9.85. The second-order valence-electron chi connectivity index (χ2n) is 9.85. The predicted octanol–water partition coefficient (Wildman–Crippen LogP) is -0.571. The number of ether oxygens (including phenoxy) is 4. The third-order valence-corrected chi connectivity index (χ3v) is 5.99. The molecule has 0 amide bonds. The molecule has 190 valence electrons. The van der Waals surface area contributed by atoms with Crippen molar-refractivity contribution in [3.05, 3.63) is 31.5 Å². The molecule has 1 aromatic rings. The number of nitrogens with zero attached hydrogens (tertiary/aromatic N) is 3. The Kier molecular flexibility index (Phi) is 8.13. The van der Waals surface area contributed by atoms with Gasteiger partial charge in [-0.15, -0.1) is 0 Å². The van der Waals surface area contributed by atoms with Crippen molar-refractivity contribution in [2.75, 3.05) is 39.6 Å². The lowest BCUT2D eigenvalue weighted by Gasteiger charge is -2.37. The lowest BCUT2D eigenvalue weighted by molar-refractivity contribution is -0.165. The average Bonchev–Trinajstić information content (AvgIpc) is 2.76. The molecule has 0 aromatic carbocycles. The molecule has 0 radical (unpaired) electrons. The van der Waals surface area contributed by atoms with Crippen molar-refractivity contribution in [3.63, 3.8) is 0 Å². The van der Waals surface area contributed by atoms with Gasteiger partial charge in [-0.3, -0.25) is 9.59 Å². The highest BCUT2D eigenvalue weighted by Gasteiger charge is 2.35. The maximum atomic E-state index is 12.8. The van der Waals surface area contributed by atoms with Crippen LogP contribution in [0.2, 0.25) is 0 Å². The highest BCUT2D eigenvalue weighted by molar-refractivity contribution is 5.69. The zero-order valence-corrected chi connectivity index (χ0v) is 20.0. The summed E-state index contributed by atoms with van der Waals surface area (Å²) in [7, 11) is 1.28. The molecular formula is C22H33N3O9. The van der Waals surface area contributed by atoms with Crippen LogP contribution in [0.5, 0.6) is 0 Å². The van der Waals surface area contributed by atoms with Gasteiger partial charge in [-0.1, -0.05) is 13.8 Å². The first-order valence-electron chi connectivity index (χ1n) is 11.4. The second kappa shape index (κ2) is 10.7. The predicted molar refractivity (Wildman–Crippen MR) is 118 cm³/mol. The first kappa shape index (κ1) is 25.9. The molecule has 12 nitrogen and oxygen atoms in total. The first-order chi connectivity index (χ1) is 16.0. The molecule has 0 N–H and O–H groups in total. The molecule has 2 aliphatic heterocycles. The maximum absolute atomic E-state index is 12.8. The summed E-state index contributed by atoms with van der Waals surface area (Å²) in [5.74, 6) is -0.848. The lowest BCUT2D eigenvalue weighted by atomic mass is 9.90. The molecule has 2 saturated heterocycles. The summed E-state index contributed by atoms with van der Waals surface area (Å²) >= 11 is 0. The number of aromatic nitrogens is 3. The third-order valence-electron chi connectivity index (χ3n) is 5.99. The fourth-order valence-electron chi connectivity index (χ4n) is 3.62. The molecule has 0 spiro atoms. The standard InChI is InChI=1S/C22H33N3O9/c1-21(10-31-11-21)14-33-16(26)6-4-8-24-18(28)23(3)19(29)25(20(24)30)9-5-7-17(27)34-15-22(2)12-32-13-22/h4-15H2,1-3H3. The van der Waals surface area contributed by atoms with Gasteiger partial charge in [0.2, 0.25) is 0 Å². The van der Waals surface area contributed by atoms with Crippen molar-refractivity contribution in [1.82, 2.24) is 13.7 Å². The molecule has 2 fully saturated rings. The van der Waals surface area contributed by atoms with E-state index in [1.165, 1.54) is 7.05 Å². The number of hydrogen-bond acceptors (Lipinski definition) is 9. The Hall–Kier alpha value is -2.73. The van der Waals surface area contributed by atoms with Gasteiger partial charge in [0, 0.05) is 43.8 Å². The van der Waals surface area contributed by atoms with Crippen molar-refractivity contribution in [3.8, 4) is 0 Å².